The third-order valence-corrected chi connectivity index (χ3v) is 11.9. The van der Waals surface area contributed by atoms with Gasteiger partial charge in [-0.1, -0.05) is 124 Å². The first-order valence-corrected chi connectivity index (χ1v) is 22.2. The van der Waals surface area contributed by atoms with Gasteiger partial charge in [0.25, 0.3) is 20.0 Å². The predicted octanol–water partition coefficient (Wildman–Crippen LogP) is 9.85. The lowest BCUT2D eigenvalue weighted by Gasteiger charge is -2.19. The molecular weight excluding hydrogens is 797 g/mol. The Bertz CT molecular complexity index is 2670. The molecule has 0 amide bonds. The Hall–Kier alpha value is -6.50. The Morgan fingerprint density at radius 1 is 0.550 bits per heavy atom. The number of sulfonamides is 2. The average Bonchev–Trinajstić information content (AvgIpc) is 3.22. The summed E-state index contributed by atoms with van der Waals surface area (Å²) in [4.78, 5) is 22.9. The zero-order valence-electron chi connectivity index (χ0n) is 33.6. The maximum absolute atomic E-state index is 12.8. The number of nitrogens with one attached hydrogen (secondary N) is 2. The maximum atomic E-state index is 12.8. The molecule has 4 N–H and O–H groups in total. The number of rotatable bonds is 15. The summed E-state index contributed by atoms with van der Waals surface area (Å²) in [5.74, 6) is -1.90. The SMILES string of the molecule is CC(C)(C)c1ccc(S(=O)(=O)Nc2cccc(CCc3ccccc3C(=O)O)c2)cc1.O=C(O)c1ccccc1CCc1cccc(NS(=O)(=O)/C=C/c2ccccc2)c1. The third kappa shape index (κ3) is 13.3. The second kappa shape index (κ2) is 20.0. The van der Waals surface area contributed by atoms with Gasteiger partial charge in [-0.3, -0.25) is 9.44 Å². The molecule has 0 spiro atoms. The van der Waals surface area contributed by atoms with Crippen molar-refractivity contribution in [1.82, 2.24) is 0 Å². The highest BCUT2D eigenvalue weighted by Gasteiger charge is 2.18. The molecule has 0 aliphatic heterocycles. The van der Waals surface area contributed by atoms with E-state index >= 15 is 0 Å². The molecular formula is C48H48N2O8S2. The van der Waals surface area contributed by atoms with Crippen LogP contribution in [0.25, 0.3) is 6.08 Å². The van der Waals surface area contributed by atoms with Crippen LogP contribution in [-0.4, -0.2) is 39.0 Å². The predicted molar refractivity (Wildman–Crippen MR) is 238 cm³/mol. The van der Waals surface area contributed by atoms with Gasteiger partial charge in [0.2, 0.25) is 0 Å². The number of aromatic carboxylic acids is 2. The van der Waals surface area contributed by atoms with Crippen molar-refractivity contribution in [2.24, 2.45) is 0 Å². The third-order valence-electron chi connectivity index (χ3n) is 9.50. The van der Waals surface area contributed by atoms with Crippen LogP contribution in [0.4, 0.5) is 11.4 Å². The van der Waals surface area contributed by atoms with Crippen molar-refractivity contribution in [2.75, 3.05) is 9.44 Å². The number of anilines is 2. The number of benzene rings is 6. The van der Waals surface area contributed by atoms with Crippen molar-refractivity contribution in [3.63, 3.8) is 0 Å². The minimum Gasteiger partial charge on any atom is -0.478 e. The zero-order chi connectivity index (χ0) is 43.3. The van der Waals surface area contributed by atoms with Crippen molar-refractivity contribution >= 4 is 49.4 Å². The molecule has 60 heavy (non-hydrogen) atoms. The van der Waals surface area contributed by atoms with E-state index in [1.807, 2.05) is 66.7 Å². The van der Waals surface area contributed by atoms with E-state index in [1.54, 1.807) is 84.9 Å². The fourth-order valence-corrected chi connectivity index (χ4v) is 8.22. The van der Waals surface area contributed by atoms with Gasteiger partial charge in [-0.15, -0.1) is 0 Å². The van der Waals surface area contributed by atoms with E-state index in [9.17, 15) is 36.6 Å². The van der Waals surface area contributed by atoms with Gasteiger partial charge in [0, 0.05) is 11.4 Å². The molecule has 0 unspecified atom stereocenters. The van der Waals surface area contributed by atoms with E-state index in [0.29, 0.717) is 37.1 Å². The smallest absolute Gasteiger partial charge is 0.335 e. The standard InChI is InChI=1S/C25H27NO4S.C23H21NO4S/c1-25(2,3)20-13-15-22(16-14-20)31(29,30)26-21-9-6-7-18(17-21)11-12-19-8-4-5-10-23(19)24(27)28;25-23(26)22-12-5-4-10-20(22)14-13-19-9-6-11-21(17-19)24-29(27,28)16-15-18-7-2-1-3-8-18/h4-10,13-17,26H,11-12H2,1-3H3,(H,27,28);1-12,15-17,24H,13-14H2,(H,25,26)/b;16-15+. The van der Waals surface area contributed by atoms with Crippen LogP contribution in [-0.2, 0) is 51.1 Å². The van der Waals surface area contributed by atoms with Gasteiger partial charge in [-0.25, -0.2) is 26.4 Å². The highest BCUT2D eigenvalue weighted by atomic mass is 32.2. The second-order valence-electron chi connectivity index (χ2n) is 15.1. The molecule has 0 bridgehead atoms. The van der Waals surface area contributed by atoms with E-state index < -0.39 is 32.0 Å². The fourth-order valence-electron chi connectivity index (χ4n) is 6.31. The molecule has 0 aromatic heterocycles. The van der Waals surface area contributed by atoms with E-state index in [4.69, 9.17) is 0 Å². The van der Waals surface area contributed by atoms with Gasteiger partial charge < -0.3 is 10.2 Å². The molecule has 10 nitrogen and oxygen atoms in total. The van der Waals surface area contributed by atoms with Crippen LogP contribution >= 0.6 is 0 Å². The van der Waals surface area contributed by atoms with Crippen LogP contribution in [0.1, 0.15) is 74.9 Å². The monoisotopic (exact) mass is 844 g/mol. The van der Waals surface area contributed by atoms with Crippen molar-refractivity contribution in [1.29, 1.82) is 0 Å². The lowest BCUT2D eigenvalue weighted by atomic mass is 9.87. The number of hydrogen-bond acceptors (Lipinski definition) is 6. The Balaban J connectivity index is 0.000000228. The molecule has 0 aliphatic carbocycles. The van der Waals surface area contributed by atoms with Gasteiger partial charge in [0.05, 0.1) is 21.4 Å². The van der Waals surface area contributed by atoms with E-state index in [1.165, 1.54) is 6.08 Å². The molecule has 0 radical (unpaired) electrons. The molecule has 0 fully saturated rings. The quantitative estimate of drug-likeness (QED) is 0.0793. The van der Waals surface area contributed by atoms with Crippen molar-refractivity contribution in [3.8, 4) is 0 Å². The topological polar surface area (TPSA) is 167 Å². The van der Waals surface area contributed by atoms with Gasteiger partial charge in [0.1, 0.15) is 0 Å². The molecule has 12 heteroatoms. The first kappa shape index (κ1) is 44.6. The number of carbonyl (C=O) groups is 2. The van der Waals surface area contributed by atoms with Crippen LogP contribution in [0, 0.1) is 0 Å². The summed E-state index contributed by atoms with van der Waals surface area (Å²) in [6, 6.07) is 44.2. The number of hydrogen-bond donors (Lipinski definition) is 4. The Morgan fingerprint density at radius 3 is 1.50 bits per heavy atom. The molecule has 6 aromatic carbocycles. The average molecular weight is 845 g/mol. The highest BCUT2D eigenvalue weighted by Crippen LogP contribution is 2.25. The number of aryl methyl sites for hydroxylation is 4. The van der Waals surface area contributed by atoms with E-state index in [-0.39, 0.29) is 21.4 Å². The summed E-state index contributed by atoms with van der Waals surface area (Å²) < 4.78 is 55.4. The minimum absolute atomic E-state index is 0.0523. The number of carboxylic acids is 2. The Kier molecular flexibility index (Phi) is 14.8. The maximum Gasteiger partial charge on any atom is 0.335 e. The molecule has 0 saturated carbocycles. The second-order valence-corrected chi connectivity index (χ2v) is 18.3. The van der Waals surface area contributed by atoms with Gasteiger partial charge in [-0.2, -0.15) is 0 Å². The Morgan fingerprint density at radius 2 is 1.02 bits per heavy atom. The summed E-state index contributed by atoms with van der Waals surface area (Å²) in [6.45, 7) is 6.24. The van der Waals surface area contributed by atoms with E-state index in [2.05, 4.69) is 30.2 Å². The molecule has 310 valence electrons. The molecule has 0 saturated heterocycles. The van der Waals surface area contributed by atoms with Crippen LogP contribution < -0.4 is 9.44 Å². The fraction of sp³-hybridized carbons (Fsp3) is 0.167. The first-order chi connectivity index (χ1) is 28.5. The molecule has 0 aliphatic rings. The lowest BCUT2D eigenvalue weighted by Crippen LogP contribution is -2.15. The number of carboxylic acid groups (broad SMARTS) is 2. The summed E-state index contributed by atoms with van der Waals surface area (Å²) in [7, 11) is -7.35. The van der Waals surface area contributed by atoms with Crippen molar-refractivity contribution < 1.29 is 36.6 Å². The highest BCUT2D eigenvalue weighted by molar-refractivity contribution is 7.95. The Labute approximate surface area is 352 Å². The summed E-state index contributed by atoms with van der Waals surface area (Å²) >= 11 is 0. The summed E-state index contributed by atoms with van der Waals surface area (Å²) in [5, 5.41) is 19.7. The zero-order valence-corrected chi connectivity index (χ0v) is 35.2. The van der Waals surface area contributed by atoms with E-state index in [0.717, 1.165) is 38.8 Å². The molecule has 6 aromatic rings. The van der Waals surface area contributed by atoms with Crippen LogP contribution in [0.3, 0.4) is 0 Å². The first-order valence-electron chi connectivity index (χ1n) is 19.2. The summed E-state index contributed by atoms with van der Waals surface area (Å²) in [6.07, 6.45) is 3.83. The van der Waals surface area contributed by atoms with Gasteiger partial charge in [0.15, 0.2) is 0 Å². The van der Waals surface area contributed by atoms with Crippen molar-refractivity contribution in [3.05, 3.63) is 202 Å². The summed E-state index contributed by atoms with van der Waals surface area (Å²) in [5.41, 5.74) is 6.66. The molecule has 0 heterocycles. The van der Waals surface area contributed by atoms with Crippen LogP contribution in [0.15, 0.2) is 162 Å². The lowest BCUT2D eigenvalue weighted by molar-refractivity contribution is 0.0684. The normalized spacial score (nSPS) is 11.7. The van der Waals surface area contributed by atoms with Gasteiger partial charge in [-0.05, 0) is 119 Å². The van der Waals surface area contributed by atoms with Gasteiger partial charge >= 0.3 is 11.9 Å². The van der Waals surface area contributed by atoms with Crippen LogP contribution in [0.5, 0.6) is 0 Å². The van der Waals surface area contributed by atoms with Crippen molar-refractivity contribution in [2.45, 2.75) is 56.8 Å². The van der Waals surface area contributed by atoms with Crippen LogP contribution in [0.2, 0.25) is 0 Å². The largest absolute Gasteiger partial charge is 0.478 e. The molecule has 0 atom stereocenters. The minimum atomic E-state index is -3.71. The molecule has 6 rings (SSSR count).